The number of nitrogens with zero attached hydrogens (tertiary/aromatic N) is 5. The number of aryl methyl sites for hydroxylation is 1. The lowest BCUT2D eigenvalue weighted by molar-refractivity contribution is 0.0934. The van der Waals surface area contributed by atoms with E-state index in [2.05, 4.69) is 20.7 Å². The van der Waals surface area contributed by atoms with Crippen molar-refractivity contribution in [2.24, 2.45) is 7.05 Å². The molecular weight excluding hydrogens is 356 g/mol. The Bertz CT molecular complexity index is 974. The van der Waals surface area contributed by atoms with Crippen LogP contribution in [0.4, 0.5) is 0 Å². The van der Waals surface area contributed by atoms with Gasteiger partial charge >= 0.3 is 0 Å². The number of carbonyl (C=O) groups is 1. The van der Waals surface area contributed by atoms with Gasteiger partial charge in [0.15, 0.2) is 0 Å². The van der Waals surface area contributed by atoms with Crippen LogP contribution < -0.4 is 5.32 Å². The highest BCUT2D eigenvalue weighted by molar-refractivity contribution is 5.95. The minimum atomic E-state index is -0.799. The highest BCUT2D eigenvalue weighted by Crippen LogP contribution is 2.43. The number of hydrogen-bond donors (Lipinski definition) is 2. The summed E-state index contributed by atoms with van der Waals surface area (Å²) in [7, 11) is 1.85. The Morgan fingerprint density at radius 3 is 2.79 bits per heavy atom. The molecule has 3 aromatic rings. The Morgan fingerprint density at radius 2 is 2.07 bits per heavy atom. The number of hydrogen-bond acceptors (Lipinski definition) is 5. The molecule has 8 nitrogen and oxygen atoms in total. The van der Waals surface area contributed by atoms with Crippen LogP contribution in [0.25, 0.3) is 0 Å². The van der Waals surface area contributed by atoms with Crippen LogP contribution >= 0.6 is 0 Å². The zero-order chi connectivity index (χ0) is 19.7. The zero-order valence-electron chi connectivity index (χ0n) is 16.0. The quantitative estimate of drug-likeness (QED) is 0.646. The molecule has 2 aromatic heterocycles. The predicted molar refractivity (Wildman–Crippen MR) is 103 cm³/mol. The summed E-state index contributed by atoms with van der Waals surface area (Å²) in [5, 5.41) is 25.5. The van der Waals surface area contributed by atoms with E-state index in [4.69, 9.17) is 0 Å². The molecule has 8 heteroatoms. The lowest BCUT2D eigenvalue weighted by Gasteiger charge is -2.14. The maximum Gasteiger partial charge on any atom is 0.255 e. The molecule has 0 radical (unpaired) electrons. The van der Waals surface area contributed by atoms with Crippen LogP contribution in [0.2, 0.25) is 0 Å². The molecule has 4 rings (SSSR count). The molecule has 1 saturated carbocycles. The van der Waals surface area contributed by atoms with Crippen LogP contribution in [-0.2, 0) is 25.6 Å². The van der Waals surface area contributed by atoms with Crippen molar-refractivity contribution in [2.45, 2.75) is 44.4 Å². The Morgan fingerprint density at radius 1 is 1.32 bits per heavy atom. The van der Waals surface area contributed by atoms with Gasteiger partial charge in [0.25, 0.3) is 5.91 Å². The van der Waals surface area contributed by atoms with E-state index < -0.39 is 5.60 Å². The van der Waals surface area contributed by atoms with Crippen molar-refractivity contribution in [3.8, 4) is 0 Å². The SMILES string of the molecule is C[C@H](Cn1cc(C2(O)CC2)nn1)NC(=O)c1cnn(C)c1Cc1ccccc1. The number of rotatable bonds is 7. The molecular formula is C20H24N6O2. The Kier molecular flexibility index (Phi) is 4.72. The van der Waals surface area contributed by atoms with E-state index in [0.29, 0.717) is 24.2 Å². The fraction of sp³-hybridized carbons (Fsp3) is 0.400. The molecule has 1 amide bonds. The summed E-state index contributed by atoms with van der Waals surface area (Å²) >= 11 is 0. The van der Waals surface area contributed by atoms with Crippen molar-refractivity contribution in [1.29, 1.82) is 0 Å². The van der Waals surface area contributed by atoms with Gasteiger partial charge in [-0.15, -0.1) is 5.10 Å². The molecule has 0 spiro atoms. The van der Waals surface area contributed by atoms with E-state index in [9.17, 15) is 9.90 Å². The molecule has 146 valence electrons. The molecule has 1 fully saturated rings. The van der Waals surface area contributed by atoms with Gasteiger partial charge < -0.3 is 10.4 Å². The van der Waals surface area contributed by atoms with Crippen LogP contribution in [0, 0.1) is 0 Å². The summed E-state index contributed by atoms with van der Waals surface area (Å²) in [6, 6.07) is 9.86. The fourth-order valence-corrected chi connectivity index (χ4v) is 3.25. The van der Waals surface area contributed by atoms with E-state index in [1.54, 1.807) is 21.8 Å². The first-order valence-corrected chi connectivity index (χ1v) is 9.43. The van der Waals surface area contributed by atoms with Crippen molar-refractivity contribution in [3.05, 3.63) is 65.2 Å². The first kappa shape index (κ1) is 18.4. The second-order valence-electron chi connectivity index (χ2n) is 7.52. The average Bonchev–Trinajstić information content (AvgIpc) is 3.08. The molecule has 2 N–H and O–H groups in total. The van der Waals surface area contributed by atoms with Gasteiger partial charge in [0.1, 0.15) is 11.3 Å². The third-order valence-corrected chi connectivity index (χ3v) is 5.10. The number of aromatic nitrogens is 5. The maximum atomic E-state index is 12.8. The summed E-state index contributed by atoms with van der Waals surface area (Å²) in [6.45, 7) is 2.39. The summed E-state index contributed by atoms with van der Waals surface area (Å²) < 4.78 is 3.40. The van der Waals surface area contributed by atoms with Gasteiger partial charge in [-0.25, -0.2) is 0 Å². The normalized spacial score (nSPS) is 16.0. The molecule has 0 bridgehead atoms. The predicted octanol–water partition coefficient (Wildman–Crippen LogP) is 1.40. The molecule has 1 aliphatic carbocycles. The number of nitrogens with one attached hydrogen (secondary N) is 1. The zero-order valence-corrected chi connectivity index (χ0v) is 16.0. The van der Waals surface area contributed by atoms with Crippen molar-refractivity contribution >= 4 is 5.91 Å². The highest BCUT2D eigenvalue weighted by Gasteiger charge is 2.44. The number of carbonyl (C=O) groups excluding carboxylic acids is 1. The van der Waals surface area contributed by atoms with E-state index in [0.717, 1.165) is 24.1 Å². The van der Waals surface area contributed by atoms with Crippen LogP contribution in [-0.4, -0.2) is 41.8 Å². The molecule has 1 aliphatic rings. The Balaban J connectivity index is 1.41. The number of amides is 1. The second kappa shape index (κ2) is 7.20. The van der Waals surface area contributed by atoms with Gasteiger partial charge in [-0.1, -0.05) is 35.5 Å². The minimum absolute atomic E-state index is 0.152. The van der Waals surface area contributed by atoms with Crippen molar-refractivity contribution in [3.63, 3.8) is 0 Å². The standard InChI is InChI=1S/C20H24N6O2/c1-14(12-26-13-18(23-24-26)20(28)8-9-20)22-19(27)16-11-21-25(2)17(16)10-15-6-4-3-5-7-15/h3-7,11,13-14,28H,8-10,12H2,1-2H3,(H,22,27)/t14-/m1/s1. The third-order valence-electron chi connectivity index (χ3n) is 5.10. The highest BCUT2D eigenvalue weighted by atomic mass is 16.3. The number of aliphatic hydroxyl groups is 1. The number of benzene rings is 1. The molecule has 0 saturated heterocycles. The first-order valence-electron chi connectivity index (χ1n) is 9.43. The van der Waals surface area contributed by atoms with Crippen LogP contribution in [0.5, 0.6) is 0 Å². The smallest absolute Gasteiger partial charge is 0.255 e. The second-order valence-corrected chi connectivity index (χ2v) is 7.52. The molecule has 28 heavy (non-hydrogen) atoms. The topological polar surface area (TPSA) is 97.9 Å². The van der Waals surface area contributed by atoms with Gasteiger partial charge in [-0.2, -0.15) is 5.10 Å². The first-order chi connectivity index (χ1) is 13.4. The van der Waals surface area contributed by atoms with E-state index in [1.165, 1.54) is 0 Å². The van der Waals surface area contributed by atoms with Crippen molar-refractivity contribution in [2.75, 3.05) is 0 Å². The Labute approximate surface area is 163 Å². The monoisotopic (exact) mass is 380 g/mol. The maximum absolute atomic E-state index is 12.8. The van der Waals surface area contributed by atoms with Gasteiger partial charge in [0, 0.05) is 19.5 Å². The molecule has 0 unspecified atom stereocenters. The van der Waals surface area contributed by atoms with Gasteiger partial charge in [0.05, 0.1) is 30.2 Å². The lowest BCUT2D eigenvalue weighted by Crippen LogP contribution is -2.36. The minimum Gasteiger partial charge on any atom is -0.383 e. The van der Waals surface area contributed by atoms with Crippen molar-refractivity contribution in [1.82, 2.24) is 30.1 Å². The van der Waals surface area contributed by atoms with Crippen molar-refractivity contribution < 1.29 is 9.90 Å². The van der Waals surface area contributed by atoms with E-state index in [1.807, 2.05) is 44.3 Å². The van der Waals surface area contributed by atoms with Crippen LogP contribution in [0.1, 0.15) is 47.1 Å². The molecule has 1 aromatic carbocycles. The molecule has 2 heterocycles. The lowest BCUT2D eigenvalue weighted by atomic mass is 10.1. The molecule has 1 atom stereocenters. The van der Waals surface area contributed by atoms with Gasteiger partial charge in [-0.3, -0.25) is 14.2 Å². The summed E-state index contributed by atoms with van der Waals surface area (Å²) in [4.78, 5) is 12.8. The average molecular weight is 380 g/mol. The summed E-state index contributed by atoms with van der Waals surface area (Å²) in [6.07, 6.45) is 5.45. The largest absolute Gasteiger partial charge is 0.383 e. The summed E-state index contributed by atoms with van der Waals surface area (Å²) in [5.41, 5.74) is 2.37. The van der Waals surface area contributed by atoms with Crippen LogP contribution in [0.3, 0.4) is 0 Å². The van der Waals surface area contributed by atoms with Gasteiger partial charge in [0.2, 0.25) is 0 Å². The molecule has 0 aliphatic heterocycles. The third kappa shape index (κ3) is 3.82. The summed E-state index contributed by atoms with van der Waals surface area (Å²) in [5.74, 6) is -0.160. The van der Waals surface area contributed by atoms with Crippen LogP contribution in [0.15, 0.2) is 42.7 Å². The van der Waals surface area contributed by atoms with E-state index >= 15 is 0 Å². The van der Waals surface area contributed by atoms with Gasteiger partial charge in [-0.05, 0) is 25.3 Å². The fourth-order valence-electron chi connectivity index (χ4n) is 3.25. The van der Waals surface area contributed by atoms with E-state index in [-0.39, 0.29) is 11.9 Å². The Hall–Kier alpha value is -3.00.